The van der Waals surface area contributed by atoms with Gasteiger partial charge in [-0.3, -0.25) is 0 Å². The molecule has 0 aliphatic carbocycles. The molecule has 0 radical (unpaired) electrons. The van der Waals surface area contributed by atoms with Crippen LogP contribution in [0.15, 0.2) is 346 Å². The highest BCUT2D eigenvalue weighted by Gasteiger charge is 2.44. The van der Waals surface area contributed by atoms with Gasteiger partial charge in [0.15, 0.2) is 5.69 Å². The van der Waals surface area contributed by atoms with Crippen molar-refractivity contribution >= 4 is 107 Å². The topological polar surface area (TPSA) is 44.5 Å². The predicted octanol–water partition coefficient (Wildman–Crippen LogP) is 22.4. The van der Waals surface area contributed by atoms with Crippen molar-refractivity contribution in [1.82, 2.24) is 9.13 Å². The molecule has 99 heavy (non-hydrogen) atoms. The third kappa shape index (κ3) is 9.33. The number of anilines is 6. The van der Waals surface area contributed by atoms with E-state index in [1.54, 1.807) is 0 Å². The highest BCUT2D eigenvalue weighted by Crippen LogP contribution is 2.50. The van der Waals surface area contributed by atoms with Gasteiger partial charge in [0.2, 0.25) is 0 Å². The van der Waals surface area contributed by atoms with Gasteiger partial charge in [0.25, 0.3) is 6.71 Å². The zero-order chi connectivity index (χ0) is 65.7. The molecule has 2 aliphatic heterocycles. The van der Waals surface area contributed by atoms with Gasteiger partial charge < -0.3 is 18.9 Å². The molecule has 2 aromatic heterocycles. The normalized spacial score (nSPS) is 12.2. The van der Waals surface area contributed by atoms with Gasteiger partial charge in [0, 0.05) is 61.2 Å². The van der Waals surface area contributed by atoms with Crippen molar-refractivity contribution in [3.8, 4) is 84.2 Å². The number of fused-ring (bicyclic) bond motifs is 10. The van der Waals surface area contributed by atoms with E-state index in [1.165, 1.54) is 16.4 Å². The number of aromatic nitrogens is 2. The van der Waals surface area contributed by atoms with Gasteiger partial charge in [-0.25, -0.2) is 4.85 Å². The summed E-state index contributed by atoms with van der Waals surface area (Å²) in [5.41, 5.74) is 30.1. The predicted molar refractivity (Wildman–Crippen MR) is 413 cm³/mol. The summed E-state index contributed by atoms with van der Waals surface area (Å²) in [6.07, 6.45) is 0. The lowest BCUT2D eigenvalue weighted by molar-refractivity contribution is 1.16. The highest BCUT2D eigenvalue weighted by atomic mass is 15.2. The molecule has 0 saturated carbocycles. The molecule has 4 heterocycles. The van der Waals surface area contributed by atoms with Crippen molar-refractivity contribution in [2.45, 2.75) is 0 Å². The molecule has 0 bridgehead atoms. The lowest BCUT2D eigenvalue weighted by atomic mass is 9.33. The number of hydrogen-bond acceptors (Lipinski definition) is 3. The van der Waals surface area contributed by atoms with Crippen molar-refractivity contribution in [2.24, 2.45) is 0 Å². The Hall–Kier alpha value is -13.5. The third-order valence-electron chi connectivity index (χ3n) is 20.3. The fourth-order valence-electron chi connectivity index (χ4n) is 15.9. The second-order valence-electron chi connectivity index (χ2n) is 25.8. The molecule has 6 nitrogen and oxygen atoms in total. The Bertz CT molecular complexity index is 5850. The molecular formula is C92H57BN6. The summed E-state index contributed by atoms with van der Waals surface area (Å²) in [5, 5.41) is 15.2. The Kier molecular flexibility index (Phi) is 13.4. The minimum atomic E-state index is -0.117. The summed E-state index contributed by atoms with van der Waals surface area (Å²) in [6, 6.07) is 127. The molecule has 19 rings (SSSR count). The van der Waals surface area contributed by atoms with Crippen LogP contribution in [0.4, 0.5) is 39.8 Å². The first-order chi connectivity index (χ1) is 49.0. The second-order valence-corrected chi connectivity index (χ2v) is 25.8. The van der Waals surface area contributed by atoms with Gasteiger partial charge in [-0.15, -0.1) is 0 Å². The van der Waals surface area contributed by atoms with E-state index < -0.39 is 0 Å². The molecule has 2 aliphatic rings. The van der Waals surface area contributed by atoms with Crippen molar-refractivity contribution < 1.29 is 0 Å². The highest BCUT2D eigenvalue weighted by molar-refractivity contribution is 7.00. The average molecular weight is 1260 g/mol. The van der Waals surface area contributed by atoms with Crippen molar-refractivity contribution in [3.63, 3.8) is 0 Å². The smallest absolute Gasteiger partial charge is 0.252 e. The Balaban J connectivity index is 0.875. The number of hydrogen-bond donors (Lipinski definition) is 0. The Morgan fingerprint density at radius 1 is 0.283 bits per heavy atom. The van der Waals surface area contributed by atoms with E-state index in [4.69, 9.17) is 6.57 Å². The largest absolute Gasteiger partial charge is 0.311 e. The molecular weight excluding hydrogens is 1200 g/mol. The maximum Gasteiger partial charge on any atom is 0.252 e. The standard InChI is InChI=1S/C92H57BN6/c1-95-71-44-47-87(98-82-37-19-14-32-74(82)75-33-15-20-38-83(75)98)79(58-71)77-48-60(59-94)42-45-85(77)99-84-39-21-16-34-76(84)78-55-65(43-46-86(78)99)70-56-90-92-91(57-70)97(73-53-68(63-28-10-4-11-29-63)50-69(54-73)64-30-12-5-13-31-64)89-41-23-18-36-81(89)93(92)80-35-17-22-40-88(80)96(90)72-51-66(61-24-6-2-7-25-61)49-67(52-72)62-26-8-3-9-27-62/h2-58H. The van der Waals surface area contributed by atoms with Crippen molar-refractivity contribution in [3.05, 3.63) is 363 Å². The molecule has 0 atom stereocenters. The molecule has 0 amide bonds. The molecule has 0 fully saturated rings. The second kappa shape index (κ2) is 23.2. The monoisotopic (exact) mass is 1260 g/mol. The minimum Gasteiger partial charge on any atom is -0.311 e. The number of benzene rings is 15. The van der Waals surface area contributed by atoms with Crippen molar-refractivity contribution in [1.29, 1.82) is 5.26 Å². The molecule has 17 aromatic rings. The first-order valence-electron chi connectivity index (χ1n) is 33.6. The van der Waals surface area contributed by atoms with Gasteiger partial charge >= 0.3 is 0 Å². The van der Waals surface area contributed by atoms with Crippen LogP contribution in [0, 0.1) is 17.9 Å². The summed E-state index contributed by atoms with van der Waals surface area (Å²) >= 11 is 0. The fraction of sp³-hybridized carbons (Fsp3) is 0. The lowest BCUT2D eigenvalue weighted by Crippen LogP contribution is -2.61. The summed E-state index contributed by atoms with van der Waals surface area (Å²) < 4.78 is 4.67. The first-order valence-corrected chi connectivity index (χ1v) is 33.6. The van der Waals surface area contributed by atoms with Gasteiger partial charge in [0.1, 0.15) is 0 Å². The third-order valence-corrected chi connectivity index (χ3v) is 20.3. The molecule has 458 valence electrons. The Morgan fingerprint density at radius 3 is 1.12 bits per heavy atom. The summed E-state index contributed by atoms with van der Waals surface area (Å²) in [5.74, 6) is 0. The van der Waals surface area contributed by atoms with Crippen LogP contribution >= 0.6 is 0 Å². The van der Waals surface area contributed by atoms with Gasteiger partial charge in [0.05, 0.1) is 51.6 Å². The molecule has 0 spiro atoms. The Morgan fingerprint density at radius 2 is 0.667 bits per heavy atom. The van der Waals surface area contributed by atoms with Gasteiger partial charge in [-0.05, 0) is 199 Å². The maximum atomic E-state index is 10.8. The van der Waals surface area contributed by atoms with E-state index in [-0.39, 0.29) is 6.71 Å². The zero-order valence-corrected chi connectivity index (χ0v) is 53.7. The molecule has 0 saturated heterocycles. The van der Waals surface area contributed by atoms with E-state index in [2.05, 4.69) is 351 Å². The maximum absolute atomic E-state index is 10.8. The van der Waals surface area contributed by atoms with Crippen LogP contribution in [-0.2, 0) is 0 Å². The van der Waals surface area contributed by atoms with E-state index >= 15 is 0 Å². The van der Waals surface area contributed by atoms with E-state index in [0.29, 0.717) is 11.3 Å². The molecule has 0 N–H and O–H groups in total. The van der Waals surface area contributed by atoms with Crippen molar-refractivity contribution in [2.75, 3.05) is 9.80 Å². The summed E-state index contributed by atoms with van der Waals surface area (Å²) in [6.45, 7) is 8.26. The van der Waals surface area contributed by atoms with E-state index in [0.717, 1.165) is 156 Å². The Labute approximate surface area is 574 Å². The average Bonchev–Trinajstić information content (AvgIpc) is 1.38. The molecule has 7 heteroatoms. The first kappa shape index (κ1) is 57.0. The van der Waals surface area contributed by atoms with Crippen LogP contribution in [0.5, 0.6) is 0 Å². The van der Waals surface area contributed by atoms with Crippen LogP contribution < -0.4 is 26.2 Å². The summed E-state index contributed by atoms with van der Waals surface area (Å²) in [4.78, 5) is 9.11. The minimum absolute atomic E-state index is 0.117. The van der Waals surface area contributed by atoms with Crippen LogP contribution in [0.3, 0.4) is 0 Å². The number of para-hydroxylation sites is 5. The quantitative estimate of drug-likeness (QED) is 0.101. The van der Waals surface area contributed by atoms with Crippen LogP contribution in [0.2, 0.25) is 0 Å². The van der Waals surface area contributed by atoms with Gasteiger partial charge in [-0.2, -0.15) is 5.26 Å². The van der Waals surface area contributed by atoms with Gasteiger partial charge in [-0.1, -0.05) is 224 Å². The molecule has 15 aromatic carbocycles. The SMILES string of the molecule is [C-]#[N+]c1ccc(-n2c3ccccc3c3ccccc32)c(-c2cc(C#N)ccc2-n2c3ccccc3c3cc(-c4cc5c6c(c4)N(c4cc(-c7ccccc7)cc(-c7ccccc7)c4)c4ccccc4B6c4ccccc4N5c4cc(-c5ccccc5)cc(-c5ccccc5)c4)ccc32)c1. The fourth-order valence-corrected chi connectivity index (χ4v) is 15.9. The zero-order valence-electron chi connectivity index (χ0n) is 53.7. The molecule has 0 unspecified atom stereocenters. The number of nitriles is 1. The van der Waals surface area contributed by atoms with E-state index in [9.17, 15) is 5.26 Å². The van der Waals surface area contributed by atoms with Crippen LogP contribution in [0.1, 0.15) is 5.56 Å². The van der Waals surface area contributed by atoms with Crippen LogP contribution in [0.25, 0.3) is 127 Å². The number of nitrogens with zero attached hydrogens (tertiary/aromatic N) is 6. The van der Waals surface area contributed by atoms with E-state index in [1.807, 2.05) is 24.3 Å². The number of rotatable bonds is 10. The lowest BCUT2D eigenvalue weighted by Gasteiger charge is -2.44. The van der Waals surface area contributed by atoms with Crippen LogP contribution in [-0.4, -0.2) is 15.8 Å². The summed E-state index contributed by atoms with van der Waals surface area (Å²) in [7, 11) is 0.